The second-order valence-electron chi connectivity index (χ2n) is 5.05. The zero-order chi connectivity index (χ0) is 13.5. The average Bonchev–Trinajstić information content (AvgIpc) is 3.04. The van der Waals surface area contributed by atoms with Crippen molar-refractivity contribution >= 4 is 0 Å². The van der Waals surface area contributed by atoms with E-state index in [2.05, 4.69) is 25.3 Å². The normalized spacial score (nSPS) is 14.7. The van der Waals surface area contributed by atoms with Gasteiger partial charge in [0.05, 0.1) is 0 Å². The van der Waals surface area contributed by atoms with E-state index in [1.165, 1.54) is 0 Å². The van der Waals surface area contributed by atoms with Crippen molar-refractivity contribution in [3.63, 3.8) is 0 Å². The Labute approximate surface area is 115 Å². The quantitative estimate of drug-likeness (QED) is 0.789. The van der Waals surface area contributed by atoms with Gasteiger partial charge in [-0.3, -0.25) is 5.10 Å². The molecule has 0 atom stereocenters. The van der Waals surface area contributed by atoms with E-state index in [0.29, 0.717) is 17.6 Å². The average molecular weight is 267 g/mol. The van der Waals surface area contributed by atoms with Gasteiger partial charge in [-0.2, -0.15) is 10.1 Å². The number of nitrogens with zero attached hydrogens (tertiary/aromatic N) is 4. The van der Waals surface area contributed by atoms with Crippen molar-refractivity contribution in [2.45, 2.75) is 25.7 Å². The Balaban J connectivity index is 1.62. The lowest BCUT2D eigenvalue weighted by molar-refractivity contribution is 0.380. The predicted octanol–water partition coefficient (Wildman–Crippen LogP) is 2.71. The molecule has 6 nitrogen and oxygen atoms in total. The Hall–Kier alpha value is -2.50. The number of aromatic amines is 1. The van der Waals surface area contributed by atoms with Crippen LogP contribution in [0.1, 0.15) is 30.5 Å². The smallest absolute Gasteiger partial charge is 0.230 e. The van der Waals surface area contributed by atoms with Crippen molar-refractivity contribution < 1.29 is 4.52 Å². The van der Waals surface area contributed by atoms with Gasteiger partial charge < -0.3 is 4.52 Å². The fraction of sp³-hybridized carbons (Fsp3) is 0.286. The molecular weight excluding hydrogens is 254 g/mol. The Morgan fingerprint density at radius 2 is 1.75 bits per heavy atom. The summed E-state index contributed by atoms with van der Waals surface area (Å²) in [6.07, 6.45) is 2.31. The van der Waals surface area contributed by atoms with Crippen molar-refractivity contribution in [1.82, 2.24) is 25.3 Å². The highest BCUT2D eigenvalue weighted by Gasteiger charge is 2.29. The molecule has 1 saturated carbocycles. The summed E-state index contributed by atoms with van der Waals surface area (Å²) < 4.78 is 5.27. The minimum absolute atomic E-state index is 0.478. The lowest BCUT2D eigenvalue weighted by Crippen LogP contribution is -1.84. The van der Waals surface area contributed by atoms with Crippen LogP contribution in [0.25, 0.3) is 22.8 Å². The zero-order valence-electron chi connectivity index (χ0n) is 11.0. The van der Waals surface area contributed by atoms with Crippen LogP contribution in [-0.4, -0.2) is 25.3 Å². The number of aryl methyl sites for hydroxylation is 1. The van der Waals surface area contributed by atoms with Crippen LogP contribution in [0.3, 0.4) is 0 Å². The first kappa shape index (κ1) is 11.3. The molecule has 4 rings (SSSR count). The molecule has 2 aromatic heterocycles. The standard InChI is InChI=1S/C14H13N5O/c1-8-15-12(18-17-8)9-2-4-10(5-3-9)13-16-14(20-19-13)11-6-7-11/h2-5,11H,6-7H2,1H3,(H,15,17,18). The molecule has 100 valence electrons. The van der Waals surface area contributed by atoms with Gasteiger partial charge in [0.1, 0.15) is 5.82 Å². The van der Waals surface area contributed by atoms with Crippen LogP contribution in [-0.2, 0) is 0 Å². The predicted molar refractivity (Wildman–Crippen MR) is 71.8 cm³/mol. The number of rotatable bonds is 3. The third kappa shape index (κ3) is 1.99. The fourth-order valence-corrected chi connectivity index (χ4v) is 2.09. The van der Waals surface area contributed by atoms with E-state index in [1.54, 1.807) is 0 Å². The van der Waals surface area contributed by atoms with Gasteiger partial charge in [-0.15, -0.1) is 0 Å². The second-order valence-corrected chi connectivity index (χ2v) is 5.05. The van der Waals surface area contributed by atoms with Gasteiger partial charge in [0, 0.05) is 17.0 Å². The SMILES string of the molecule is Cc1nc(-c2ccc(-c3noc(C4CC4)n3)cc2)n[nH]1. The lowest BCUT2D eigenvalue weighted by Gasteiger charge is -1.97. The molecule has 0 saturated heterocycles. The Kier molecular flexibility index (Phi) is 2.42. The minimum Gasteiger partial charge on any atom is -0.339 e. The molecule has 1 N–H and O–H groups in total. The van der Waals surface area contributed by atoms with Crippen LogP contribution >= 0.6 is 0 Å². The molecule has 0 bridgehead atoms. The molecule has 2 heterocycles. The van der Waals surface area contributed by atoms with E-state index in [4.69, 9.17) is 4.52 Å². The van der Waals surface area contributed by atoms with Crippen LogP contribution < -0.4 is 0 Å². The molecule has 0 spiro atoms. The van der Waals surface area contributed by atoms with Crippen molar-refractivity contribution in [2.75, 3.05) is 0 Å². The van der Waals surface area contributed by atoms with E-state index in [-0.39, 0.29) is 0 Å². The molecule has 1 aliphatic rings. The second kappa shape index (κ2) is 4.26. The third-order valence-electron chi connectivity index (χ3n) is 3.37. The maximum atomic E-state index is 5.27. The number of nitrogens with one attached hydrogen (secondary N) is 1. The summed E-state index contributed by atoms with van der Waals surface area (Å²) in [6.45, 7) is 1.88. The maximum absolute atomic E-state index is 5.27. The molecule has 6 heteroatoms. The highest BCUT2D eigenvalue weighted by atomic mass is 16.5. The number of hydrogen-bond acceptors (Lipinski definition) is 5. The molecule has 1 fully saturated rings. The number of aromatic nitrogens is 5. The maximum Gasteiger partial charge on any atom is 0.230 e. The minimum atomic E-state index is 0.478. The van der Waals surface area contributed by atoms with Crippen molar-refractivity contribution in [2.24, 2.45) is 0 Å². The first-order chi connectivity index (χ1) is 9.79. The molecule has 1 aromatic carbocycles. The van der Waals surface area contributed by atoms with Gasteiger partial charge in [0.25, 0.3) is 0 Å². The molecular formula is C14H13N5O. The molecule has 1 aliphatic carbocycles. The van der Waals surface area contributed by atoms with Crippen LogP contribution in [0, 0.1) is 6.92 Å². The monoisotopic (exact) mass is 267 g/mol. The third-order valence-corrected chi connectivity index (χ3v) is 3.37. The van der Waals surface area contributed by atoms with Gasteiger partial charge in [-0.25, -0.2) is 4.98 Å². The number of hydrogen-bond donors (Lipinski definition) is 1. The first-order valence-corrected chi connectivity index (χ1v) is 6.63. The molecule has 0 unspecified atom stereocenters. The summed E-state index contributed by atoms with van der Waals surface area (Å²) in [4.78, 5) is 8.74. The van der Waals surface area contributed by atoms with E-state index >= 15 is 0 Å². The van der Waals surface area contributed by atoms with Gasteiger partial charge in [-0.05, 0) is 19.8 Å². The highest BCUT2D eigenvalue weighted by molar-refractivity contribution is 5.62. The fourth-order valence-electron chi connectivity index (χ4n) is 2.09. The van der Waals surface area contributed by atoms with Gasteiger partial charge in [0.15, 0.2) is 5.82 Å². The van der Waals surface area contributed by atoms with Crippen LogP contribution in [0.15, 0.2) is 28.8 Å². The van der Waals surface area contributed by atoms with E-state index in [0.717, 1.165) is 35.7 Å². The number of benzene rings is 1. The molecule has 3 aromatic rings. The van der Waals surface area contributed by atoms with Crippen molar-refractivity contribution in [3.8, 4) is 22.8 Å². The van der Waals surface area contributed by atoms with E-state index < -0.39 is 0 Å². The van der Waals surface area contributed by atoms with Crippen LogP contribution in [0.2, 0.25) is 0 Å². The molecule has 0 radical (unpaired) electrons. The summed E-state index contributed by atoms with van der Waals surface area (Å²) >= 11 is 0. The lowest BCUT2D eigenvalue weighted by atomic mass is 10.1. The van der Waals surface area contributed by atoms with Crippen LogP contribution in [0.4, 0.5) is 0 Å². The summed E-state index contributed by atoms with van der Waals surface area (Å²) in [5.41, 5.74) is 1.90. The number of H-pyrrole nitrogens is 1. The van der Waals surface area contributed by atoms with Crippen LogP contribution in [0.5, 0.6) is 0 Å². The molecule has 20 heavy (non-hydrogen) atoms. The summed E-state index contributed by atoms with van der Waals surface area (Å²) in [7, 11) is 0. The molecule has 0 aliphatic heterocycles. The van der Waals surface area contributed by atoms with Gasteiger partial charge >= 0.3 is 0 Å². The van der Waals surface area contributed by atoms with Crippen molar-refractivity contribution in [3.05, 3.63) is 36.0 Å². The first-order valence-electron chi connectivity index (χ1n) is 6.63. The topological polar surface area (TPSA) is 80.5 Å². The largest absolute Gasteiger partial charge is 0.339 e. The van der Waals surface area contributed by atoms with Crippen molar-refractivity contribution in [1.29, 1.82) is 0 Å². The summed E-state index contributed by atoms with van der Waals surface area (Å²) in [5.74, 6) is 3.38. The molecule has 0 amide bonds. The summed E-state index contributed by atoms with van der Waals surface area (Å²) in [5, 5.41) is 11.0. The van der Waals surface area contributed by atoms with Gasteiger partial charge in [0.2, 0.25) is 11.7 Å². The van der Waals surface area contributed by atoms with E-state index in [9.17, 15) is 0 Å². The highest BCUT2D eigenvalue weighted by Crippen LogP contribution is 2.39. The Bertz CT molecular complexity index is 739. The Morgan fingerprint density at radius 3 is 2.35 bits per heavy atom. The zero-order valence-corrected chi connectivity index (χ0v) is 11.0. The summed E-state index contributed by atoms with van der Waals surface area (Å²) in [6, 6.07) is 7.85. The Morgan fingerprint density at radius 1 is 1.05 bits per heavy atom. The van der Waals surface area contributed by atoms with Gasteiger partial charge in [-0.1, -0.05) is 29.4 Å². The van der Waals surface area contributed by atoms with E-state index in [1.807, 2.05) is 31.2 Å².